The van der Waals surface area contributed by atoms with Gasteiger partial charge in [0.15, 0.2) is 28.8 Å². The van der Waals surface area contributed by atoms with Gasteiger partial charge in [0, 0.05) is 12.4 Å². The first kappa shape index (κ1) is 17.8. The van der Waals surface area contributed by atoms with E-state index in [0.717, 1.165) is 0 Å². The average Bonchev–Trinajstić information content (AvgIpc) is 2.44. The molecular weight excluding hydrogens is 352 g/mol. The van der Waals surface area contributed by atoms with Crippen LogP contribution in [0.2, 0.25) is 0 Å². The van der Waals surface area contributed by atoms with Crippen LogP contribution in [0, 0.1) is 11.6 Å². The van der Waals surface area contributed by atoms with E-state index >= 15 is 0 Å². The molecule has 11 heteroatoms. The maximum atomic E-state index is 13.8. The molecule has 0 atom stereocenters. The first-order valence-corrected chi connectivity index (χ1v) is 5.92. The smallest absolute Gasteiger partial charge is 0.288 e. The zero-order valence-electron chi connectivity index (χ0n) is 11.1. The maximum absolute atomic E-state index is 13.8. The number of hydrogen-bond acceptors (Lipinski definition) is 3. The number of pyridine rings is 2. The van der Waals surface area contributed by atoms with Crippen molar-refractivity contribution in [2.45, 2.75) is 12.4 Å². The molecular formula is C13H4F8N2O. The predicted molar refractivity (Wildman–Crippen MR) is 61.8 cm³/mol. The third-order valence-corrected chi connectivity index (χ3v) is 2.80. The molecule has 0 amide bonds. The van der Waals surface area contributed by atoms with Gasteiger partial charge < -0.3 is 0 Å². The number of ketones is 1. The van der Waals surface area contributed by atoms with Gasteiger partial charge in [-0.1, -0.05) is 0 Å². The molecule has 2 aromatic rings. The molecule has 0 saturated carbocycles. The lowest BCUT2D eigenvalue weighted by Gasteiger charge is -2.11. The van der Waals surface area contributed by atoms with Crippen molar-refractivity contribution in [3.05, 3.63) is 58.7 Å². The van der Waals surface area contributed by atoms with Crippen molar-refractivity contribution in [3.8, 4) is 0 Å². The molecule has 0 radical (unpaired) electrons. The molecule has 2 aromatic heterocycles. The number of halogens is 8. The van der Waals surface area contributed by atoms with Crippen LogP contribution in [0.5, 0.6) is 0 Å². The standard InChI is InChI=1S/C13H4F8N2O/c14-7-5(1-3-22-10(7)12(16,17)18)9(24)6-2-4-23-11(8(6)15)13(19,20)21/h1-4H. The third-order valence-electron chi connectivity index (χ3n) is 2.80. The van der Waals surface area contributed by atoms with Gasteiger partial charge in [0.2, 0.25) is 0 Å². The van der Waals surface area contributed by atoms with Crippen LogP contribution in [0.3, 0.4) is 0 Å². The van der Waals surface area contributed by atoms with Gasteiger partial charge in [0.1, 0.15) is 0 Å². The van der Waals surface area contributed by atoms with E-state index in [1.165, 1.54) is 0 Å². The number of carbonyl (C=O) groups excluding carboxylic acids is 1. The molecule has 2 rings (SSSR count). The summed E-state index contributed by atoms with van der Waals surface area (Å²) in [5, 5.41) is 0. The Bertz CT molecular complexity index is 732. The lowest BCUT2D eigenvalue weighted by atomic mass is 10.0. The molecule has 0 aliphatic rings. The van der Waals surface area contributed by atoms with Gasteiger partial charge in [0.25, 0.3) is 0 Å². The second kappa shape index (κ2) is 5.80. The fourth-order valence-corrected chi connectivity index (χ4v) is 1.78. The highest BCUT2D eigenvalue weighted by Crippen LogP contribution is 2.33. The topological polar surface area (TPSA) is 42.9 Å². The molecule has 0 unspecified atom stereocenters. The molecule has 128 valence electrons. The normalized spacial score (nSPS) is 12.3. The molecule has 0 N–H and O–H groups in total. The van der Waals surface area contributed by atoms with Crippen molar-refractivity contribution in [2.75, 3.05) is 0 Å². The fourth-order valence-electron chi connectivity index (χ4n) is 1.78. The van der Waals surface area contributed by atoms with Crippen molar-refractivity contribution in [1.29, 1.82) is 0 Å². The summed E-state index contributed by atoms with van der Waals surface area (Å²) in [4.78, 5) is 17.4. The molecule has 0 spiro atoms. The first-order chi connectivity index (χ1) is 10.9. The SMILES string of the molecule is O=C(c1ccnc(C(F)(F)F)c1F)c1ccnc(C(F)(F)F)c1F. The van der Waals surface area contributed by atoms with Gasteiger partial charge in [-0.3, -0.25) is 4.79 Å². The minimum atomic E-state index is -5.24. The molecule has 2 heterocycles. The van der Waals surface area contributed by atoms with Crippen LogP contribution >= 0.6 is 0 Å². The van der Waals surface area contributed by atoms with Crippen molar-refractivity contribution in [1.82, 2.24) is 9.97 Å². The first-order valence-electron chi connectivity index (χ1n) is 5.92. The van der Waals surface area contributed by atoms with Crippen molar-refractivity contribution in [3.63, 3.8) is 0 Å². The van der Waals surface area contributed by atoms with E-state index in [1.54, 1.807) is 0 Å². The Labute approximate surface area is 128 Å². The maximum Gasteiger partial charge on any atom is 0.436 e. The number of alkyl halides is 6. The van der Waals surface area contributed by atoms with E-state index < -0.39 is 52.3 Å². The number of hydrogen-bond donors (Lipinski definition) is 0. The molecule has 0 aliphatic heterocycles. The lowest BCUT2D eigenvalue weighted by Crippen LogP contribution is -2.18. The minimum Gasteiger partial charge on any atom is -0.288 e. The molecule has 0 fully saturated rings. The monoisotopic (exact) mass is 356 g/mol. The van der Waals surface area contributed by atoms with Gasteiger partial charge in [-0.2, -0.15) is 26.3 Å². The predicted octanol–water partition coefficient (Wildman–Crippen LogP) is 4.02. The summed E-state index contributed by atoms with van der Waals surface area (Å²) in [6.45, 7) is 0. The Morgan fingerprint density at radius 2 is 1.08 bits per heavy atom. The van der Waals surface area contributed by atoms with Crippen LogP contribution < -0.4 is 0 Å². The van der Waals surface area contributed by atoms with Crippen molar-refractivity contribution >= 4 is 5.78 Å². The molecule has 3 nitrogen and oxygen atoms in total. The van der Waals surface area contributed by atoms with Crippen LogP contribution in [0.4, 0.5) is 35.1 Å². The fraction of sp³-hybridized carbons (Fsp3) is 0.154. The second-order valence-electron chi connectivity index (χ2n) is 4.37. The summed E-state index contributed by atoms with van der Waals surface area (Å²) >= 11 is 0. The number of rotatable bonds is 2. The summed E-state index contributed by atoms with van der Waals surface area (Å²) in [6.07, 6.45) is -9.62. The third kappa shape index (κ3) is 3.19. The average molecular weight is 356 g/mol. The summed E-state index contributed by atoms with van der Waals surface area (Å²) < 4.78 is 103. The van der Waals surface area contributed by atoms with Gasteiger partial charge >= 0.3 is 12.4 Å². The highest BCUT2D eigenvalue weighted by atomic mass is 19.4. The van der Waals surface area contributed by atoms with E-state index in [9.17, 15) is 39.9 Å². The Hall–Kier alpha value is -2.59. The quantitative estimate of drug-likeness (QED) is 0.603. The zero-order valence-corrected chi connectivity index (χ0v) is 11.1. The van der Waals surface area contributed by atoms with Crippen molar-refractivity contribution in [2.24, 2.45) is 0 Å². The summed E-state index contributed by atoms with van der Waals surface area (Å²) in [5.41, 5.74) is -6.62. The Kier molecular flexibility index (Phi) is 4.29. The summed E-state index contributed by atoms with van der Waals surface area (Å²) in [6, 6.07) is 1.00. The molecule has 0 bridgehead atoms. The minimum absolute atomic E-state index is 0.433. The summed E-state index contributed by atoms with van der Waals surface area (Å²) in [5.74, 6) is -5.93. The lowest BCUT2D eigenvalue weighted by molar-refractivity contribution is -0.144. The van der Waals surface area contributed by atoms with Gasteiger partial charge in [0.05, 0.1) is 11.1 Å². The molecule has 0 aliphatic carbocycles. The van der Waals surface area contributed by atoms with Crippen LogP contribution in [0.1, 0.15) is 27.3 Å². The van der Waals surface area contributed by atoms with E-state index in [0.29, 0.717) is 24.5 Å². The highest BCUT2D eigenvalue weighted by molar-refractivity contribution is 6.09. The van der Waals surface area contributed by atoms with Crippen LogP contribution in [-0.4, -0.2) is 15.8 Å². The highest BCUT2D eigenvalue weighted by Gasteiger charge is 2.40. The molecule has 24 heavy (non-hydrogen) atoms. The van der Waals surface area contributed by atoms with Crippen molar-refractivity contribution < 1.29 is 39.9 Å². The second-order valence-corrected chi connectivity index (χ2v) is 4.37. The zero-order chi connectivity index (χ0) is 18.3. The van der Waals surface area contributed by atoms with Gasteiger partial charge in [-0.05, 0) is 12.1 Å². The van der Waals surface area contributed by atoms with Crippen LogP contribution in [0.25, 0.3) is 0 Å². The van der Waals surface area contributed by atoms with Crippen LogP contribution in [-0.2, 0) is 12.4 Å². The van der Waals surface area contributed by atoms with E-state index in [1.807, 2.05) is 0 Å². The van der Waals surface area contributed by atoms with E-state index in [4.69, 9.17) is 0 Å². The molecule has 0 aromatic carbocycles. The Morgan fingerprint density at radius 3 is 1.38 bits per heavy atom. The van der Waals surface area contributed by atoms with Gasteiger partial charge in [-0.15, -0.1) is 0 Å². The molecule has 0 saturated heterocycles. The Morgan fingerprint density at radius 1 is 0.750 bits per heavy atom. The van der Waals surface area contributed by atoms with Crippen LogP contribution in [0.15, 0.2) is 24.5 Å². The Balaban J connectivity index is 2.60. The summed E-state index contributed by atoms with van der Waals surface area (Å²) in [7, 11) is 0. The van der Waals surface area contributed by atoms with E-state index in [-0.39, 0.29) is 0 Å². The number of carbonyl (C=O) groups is 1. The number of nitrogens with zero attached hydrogens (tertiary/aromatic N) is 2. The number of aromatic nitrogens is 2. The largest absolute Gasteiger partial charge is 0.436 e. The van der Waals surface area contributed by atoms with Gasteiger partial charge in [-0.25, -0.2) is 18.7 Å². The van der Waals surface area contributed by atoms with E-state index in [2.05, 4.69) is 9.97 Å².